The van der Waals surface area contributed by atoms with E-state index in [0.29, 0.717) is 24.9 Å². The first-order chi connectivity index (χ1) is 19.3. The van der Waals surface area contributed by atoms with E-state index in [1.54, 1.807) is 0 Å². The van der Waals surface area contributed by atoms with E-state index >= 15 is 8.78 Å². The van der Waals surface area contributed by atoms with Crippen molar-refractivity contribution in [3.8, 4) is 17.2 Å². The van der Waals surface area contributed by atoms with Gasteiger partial charge in [-0.15, -0.1) is 0 Å². The van der Waals surface area contributed by atoms with Crippen LogP contribution in [0.4, 0.5) is 20.2 Å². The van der Waals surface area contributed by atoms with Crippen LogP contribution in [0.1, 0.15) is 102 Å². The smallest absolute Gasteiger partial charge is 0.201 e. The number of ether oxygens (including phenoxy) is 1. The quantitative estimate of drug-likeness (QED) is 0.123. The number of aryl methyl sites for hydroxylation is 2. The number of aromatic hydroxyl groups is 2. The van der Waals surface area contributed by atoms with E-state index in [4.69, 9.17) is 4.74 Å². The molecule has 0 fully saturated rings. The number of ketones is 2. The molecule has 0 bridgehead atoms. The van der Waals surface area contributed by atoms with E-state index in [2.05, 4.69) is 12.2 Å². The molecule has 1 aliphatic carbocycles. The van der Waals surface area contributed by atoms with Crippen LogP contribution in [-0.2, 0) is 12.8 Å². The summed E-state index contributed by atoms with van der Waals surface area (Å²) in [5, 5.41) is 23.6. The van der Waals surface area contributed by atoms with Crippen molar-refractivity contribution < 1.29 is 33.3 Å². The zero-order valence-corrected chi connectivity index (χ0v) is 23.1. The van der Waals surface area contributed by atoms with Crippen molar-refractivity contribution >= 4 is 22.9 Å². The van der Waals surface area contributed by atoms with Crippen LogP contribution >= 0.6 is 0 Å². The molecule has 3 aromatic carbocycles. The third-order valence-corrected chi connectivity index (χ3v) is 7.40. The lowest BCUT2D eigenvalue weighted by molar-refractivity contribution is 0.0966. The first-order valence-corrected chi connectivity index (χ1v) is 14.0. The fourth-order valence-electron chi connectivity index (χ4n) is 5.22. The van der Waals surface area contributed by atoms with Crippen molar-refractivity contribution in [3.05, 3.63) is 75.3 Å². The number of carbonyl (C=O) groups excluding carboxylic acids is 2. The molecular weight excluding hydrogens is 516 g/mol. The van der Waals surface area contributed by atoms with Crippen LogP contribution in [0.5, 0.6) is 17.2 Å². The molecule has 212 valence electrons. The number of rotatable bonds is 12. The molecule has 0 spiro atoms. The largest absolute Gasteiger partial charge is 0.507 e. The van der Waals surface area contributed by atoms with Gasteiger partial charge in [-0.1, -0.05) is 71.1 Å². The van der Waals surface area contributed by atoms with Crippen molar-refractivity contribution in [2.45, 2.75) is 72.1 Å². The molecule has 0 amide bonds. The lowest BCUT2D eigenvalue weighted by atomic mass is 9.81. The number of para-hydroxylation sites is 1. The number of phenolic OH excluding ortho intramolecular Hbond substituents is 2. The average Bonchev–Trinajstić information content (AvgIpc) is 2.95. The van der Waals surface area contributed by atoms with E-state index in [1.807, 2.05) is 32.0 Å². The molecule has 40 heavy (non-hydrogen) atoms. The normalized spacial score (nSPS) is 12.3. The van der Waals surface area contributed by atoms with Gasteiger partial charge in [-0.25, -0.2) is 8.78 Å². The van der Waals surface area contributed by atoms with Crippen LogP contribution in [0.25, 0.3) is 0 Å². The number of phenols is 2. The molecule has 0 aliphatic heterocycles. The first-order valence-electron chi connectivity index (χ1n) is 14.0. The number of unbranched alkanes of at least 4 members (excludes halogenated alkanes) is 5. The summed E-state index contributed by atoms with van der Waals surface area (Å²) in [4.78, 5) is 26.8. The number of anilines is 2. The zero-order chi connectivity index (χ0) is 29.0. The zero-order valence-electron chi connectivity index (χ0n) is 23.1. The van der Waals surface area contributed by atoms with Gasteiger partial charge in [0.05, 0.1) is 28.9 Å². The molecule has 0 atom stereocenters. The van der Waals surface area contributed by atoms with Crippen LogP contribution in [-0.4, -0.2) is 28.4 Å². The van der Waals surface area contributed by atoms with E-state index in [1.165, 1.54) is 0 Å². The maximum atomic E-state index is 16.4. The Kier molecular flexibility index (Phi) is 9.07. The van der Waals surface area contributed by atoms with Gasteiger partial charge in [-0.2, -0.15) is 0 Å². The molecule has 8 heteroatoms. The van der Waals surface area contributed by atoms with E-state index < -0.39 is 62.7 Å². The van der Waals surface area contributed by atoms with Crippen molar-refractivity contribution in [1.82, 2.24) is 0 Å². The van der Waals surface area contributed by atoms with Crippen molar-refractivity contribution in [2.24, 2.45) is 0 Å². The molecule has 3 aromatic rings. The molecule has 0 unspecified atom stereocenters. The highest BCUT2D eigenvalue weighted by atomic mass is 19.1. The Morgan fingerprint density at radius 2 is 1.23 bits per heavy atom. The Labute approximate surface area is 233 Å². The monoisotopic (exact) mass is 551 g/mol. The maximum absolute atomic E-state index is 16.4. The van der Waals surface area contributed by atoms with Crippen LogP contribution in [0.2, 0.25) is 0 Å². The van der Waals surface area contributed by atoms with Crippen LogP contribution in [0.3, 0.4) is 0 Å². The minimum absolute atomic E-state index is 0.0801. The standard InChI is InChI=1S/C32H35F2NO5/c1-4-7-8-9-10-11-17-40-32-27(34)25-24(30(38)22-20(36)15-16-21(37)23(22)31(25)39)26(33)29(32)35-28-18(5-2)13-12-14-19(28)6-3/h12-16,35-37H,4-11,17H2,1-3H3. The number of hydrogen-bond acceptors (Lipinski definition) is 6. The first kappa shape index (κ1) is 29.1. The van der Waals surface area contributed by atoms with Crippen LogP contribution in [0.15, 0.2) is 30.3 Å². The van der Waals surface area contributed by atoms with E-state index in [0.717, 1.165) is 55.4 Å². The Morgan fingerprint density at radius 1 is 0.700 bits per heavy atom. The van der Waals surface area contributed by atoms with Gasteiger partial charge in [-0.05, 0) is 42.5 Å². The van der Waals surface area contributed by atoms with Crippen LogP contribution in [0, 0.1) is 11.6 Å². The summed E-state index contributed by atoms with van der Waals surface area (Å²) >= 11 is 0. The van der Waals surface area contributed by atoms with Crippen molar-refractivity contribution in [3.63, 3.8) is 0 Å². The number of nitrogens with one attached hydrogen (secondary N) is 1. The Bertz CT molecular complexity index is 1430. The predicted molar refractivity (Wildman–Crippen MR) is 150 cm³/mol. The summed E-state index contributed by atoms with van der Waals surface area (Å²) in [5.41, 5.74) is -0.860. The second kappa shape index (κ2) is 12.5. The lowest BCUT2D eigenvalue weighted by Gasteiger charge is -2.25. The minimum Gasteiger partial charge on any atom is -0.507 e. The topological polar surface area (TPSA) is 95.9 Å². The second-order valence-electron chi connectivity index (χ2n) is 9.99. The lowest BCUT2D eigenvalue weighted by Crippen LogP contribution is -2.26. The molecule has 1 aliphatic rings. The van der Waals surface area contributed by atoms with Crippen molar-refractivity contribution in [1.29, 1.82) is 0 Å². The molecular formula is C32H35F2NO5. The number of hydrogen-bond donors (Lipinski definition) is 3. The molecule has 0 saturated heterocycles. The van der Waals surface area contributed by atoms with Gasteiger partial charge < -0.3 is 20.3 Å². The SMILES string of the molecule is CCCCCCCCOc1c(F)c2c(c(F)c1Nc1c(CC)cccc1CC)C(=O)c1c(O)ccc(O)c1C2=O. The number of fused-ring (bicyclic) bond motifs is 2. The summed E-state index contributed by atoms with van der Waals surface area (Å²) in [5.74, 6) is -6.27. The van der Waals surface area contributed by atoms with Crippen LogP contribution < -0.4 is 10.1 Å². The van der Waals surface area contributed by atoms with Gasteiger partial charge >= 0.3 is 0 Å². The van der Waals surface area contributed by atoms with Gasteiger partial charge in [0, 0.05) is 5.69 Å². The molecule has 0 radical (unpaired) electrons. The van der Waals surface area contributed by atoms with E-state index in [-0.39, 0.29) is 12.3 Å². The fourth-order valence-corrected chi connectivity index (χ4v) is 5.22. The average molecular weight is 552 g/mol. The number of halogens is 2. The van der Waals surface area contributed by atoms with Gasteiger partial charge in [0.15, 0.2) is 17.4 Å². The summed E-state index contributed by atoms with van der Waals surface area (Å²) in [6, 6.07) is 7.68. The fraction of sp³-hybridized carbons (Fsp3) is 0.375. The molecule has 4 rings (SSSR count). The van der Waals surface area contributed by atoms with Gasteiger partial charge in [0.1, 0.15) is 17.2 Å². The highest BCUT2D eigenvalue weighted by molar-refractivity contribution is 6.31. The third kappa shape index (κ3) is 5.27. The molecule has 0 heterocycles. The molecule has 0 saturated carbocycles. The Hall–Kier alpha value is -3.94. The molecule has 0 aromatic heterocycles. The van der Waals surface area contributed by atoms with Gasteiger partial charge in [0.25, 0.3) is 0 Å². The Morgan fingerprint density at radius 3 is 1.77 bits per heavy atom. The molecule has 3 N–H and O–H groups in total. The summed E-state index contributed by atoms with van der Waals surface area (Å²) in [6.07, 6.45) is 6.94. The predicted octanol–water partition coefficient (Wildman–Crippen LogP) is 7.76. The summed E-state index contributed by atoms with van der Waals surface area (Å²) < 4.78 is 38.4. The van der Waals surface area contributed by atoms with E-state index in [9.17, 15) is 19.8 Å². The van der Waals surface area contributed by atoms with Gasteiger partial charge in [0.2, 0.25) is 11.6 Å². The summed E-state index contributed by atoms with van der Waals surface area (Å²) in [7, 11) is 0. The maximum Gasteiger partial charge on any atom is 0.201 e. The molecule has 6 nitrogen and oxygen atoms in total. The van der Waals surface area contributed by atoms with Gasteiger partial charge in [-0.3, -0.25) is 9.59 Å². The van der Waals surface area contributed by atoms with Crippen molar-refractivity contribution in [2.75, 3.05) is 11.9 Å². The second-order valence-corrected chi connectivity index (χ2v) is 9.99. The highest BCUT2D eigenvalue weighted by Gasteiger charge is 2.42. The summed E-state index contributed by atoms with van der Waals surface area (Å²) in [6.45, 7) is 6.08. The third-order valence-electron chi connectivity index (χ3n) is 7.40. The highest BCUT2D eigenvalue weighted by Crippen LogP contribution is 2.46. The minimum atomic E-state index is -1.19. The number of benzene rings is 3. The number of carbonyl (C=O) groups is 2. The Balaban J connectivity index is 1.85.